The fourth-order valence-electron chi connectivity index (χ4n) is 3.17. The van der Waals surface area contributed by atoms with Gasteiger partial charge in [-0.3, -0.25) is 4.90 Å². The first-order valence-electron chi connectivity index (χ1n) is 6.88. The van der Waals surface area contributed by atoms with Gasteiger partial charge in [-0.15, -0.1) is 11.3 Å². The summed E-state index contributed by atoms with van der Waals surface area (Å²) in [5, 5.41) is 5.92. The van der Waals surface area contributed by atoms with E-state index in [0.717, 1.165) is 6.04 Å². The SMILES string of the molecule is CC1c2ccsc2CCN1C[C@H]1CCCCN1. The summed E-state index contributed by atoms with van der Waals surface area (Å²) in [6.45, 7) is 6.06. The molecule has 0 saturated carbocycles. The molecule has 1 unspecified atom stereocenters. The molecule has 1 fully saturated rings. The zero-order valence-corrected chi connectivity index (χ0v) is 11.4. The molecule has 1 saturated heterocycles. The van der Waals surface area contributed by atoms with Gasteiger partial charge in [-0.1, -0.05) is 6.42 Å². The maximum atomic E-state index is 3.67. The molecule has 0 bridgehead atoms. The van der Waals surface area contributed by atoms with E-state index in [2.05, 4.69) is 28.6 Å². The number of nitrogens with zero attached hydrogens (tertiary/aromatic N) is 1. The highest BCUT2D eigenvalue weighted by atomic mass is 32.1. The molecule has 1 aromatic rings. The molecule has 0 aromatic carbocycles. The molecule has 0 radical (unpaired) electrons. The van der Waals surface area contributed by atoms with Crippen molar-refractivity contribution in [2.45, 2.75) is 44.7 Å². The van der Waals surface area contributed by atoms with Gasteiger partial charge in [0, 0.05) is 30.1 Å². The zero-order chi connectivity index (χ0) is 11.7. The smallest absolute Gasteiger partial charge is 0.0331 e. The summed E-state index contributed by atoms with van der Waals surface area (Å²) in [7, 11) is 0. The van der Waals surface area contributed by atoms with E-state index in [9.17, 15) is 0 Å². The Morgan fingerprint density at radius 3 is 3.24 bits per heavy atom. The van der Waals surface area contributed by atoms with E-state index in [1.807, 2.05) is 11.3 Å². The predicted molar refractivity (Wildman–Crippen MR) is 73.7 cm³/mol. The van der Waals surface area contributed by atoms with Crippen LogP contribution in [0.3, 0.4) is 0 Å². The number of piperidine rings is 1. The molecule has 3 heteroatoms. The molecular formula is C14H22N2S. The van der Waals surface area contributed by atoms with Crippen molar-refractivity contribution in [3.63, 3.8) is 0 Å². The van der Waals surface area contributed by atoms with Crippen LogP contribution in [0.2, 0.25) is 0 Å². The number of nitrogens with one attached hydrogen (secondary N) is 1. The van der Waals surface area contributed by atoms with Crippen molar-refractivity contribution in [3.05, 3.63) is 21.9 Å². The molecule has 0 spiro atoms. The van der Waals surface area contributed by atoms with Crippen molar-refractivity contribution in [1.82, 2.24) is 10.2 Å². The molecule has 94 valence electrons. The lowest BCUT2D eigenvalue weighted by Crippen LogP contribution is -2.46. The summed E-state index contributed by atoms with van der Waals surface area (Å²) in [6, 6.07) is 3.67. The van der Waals surface area contributed by atoms with Crippen LogP contribution in [0.4, 0.5) is 0 Å². The summed E-state index contributed by atoms with van der Waals surface area (Å²) in [5.41, 5.74) is 1.58. The molecule has 3 rings (SSSR count). The monoisotopic (exact) mass is 250 g/mol. The summed E-state index contributed by atoms with van der Waals surface area (Å²) >= 11 is 1.93. The molecule has 2 aliphatic heterocycles. The van der Waals surface area contributed by atoms with E-state index in [0.29, 0.717) is 6.04 Å². The van der Waals surface area contributed by atoms with E-state index in [1.54, 1.807) is 10.4 Å². The molecule has 1 N–H and O–H groups in total. The van der Waals surface area contributed by atoms with Crippen LogP contribution >= 0.6 is 11.3 Å². The van der Waals surface area contributed by atoms with Gasteiger partial charge < -0.3 is 5.32 Å². The predicted octanol–water partition coefficient (Wildman–Crippen LogP) is 2.81. The van der Waals surface area contributed by atoms with Gasteiger partial charge in [0.25, 0.3) is 0 Å². The van der Waals surface area contributed by atoms with Crippen molar-refractivity contribution >= 4 is 11.3 Å². The molecule has 0 amide bonds. The van der Waals surface area contributed by atoms with Crippen LogP contribution in [0, 0.1) is 0 Å². The van der Waals surface area contributed by atoms with Gasteiger partial charge in [0.15, 0.2) is 0 Å². The number of rotatable bonds is 2. The van der Waals surface area contributed by atoms with E-state index in [-0.39, 0.29) is 0 Å². The van der Waals surface area contributed by atoms with Crippen molar-refractivity contribution in [1.29, 1.82) is 0 Å². The maximum Gasteiger partial charge on any atom is 0.0331 e. The largest absolute Gasteiger partial charge is 0.313 e. The van der Waals surface area contributed by atoms with Gasteiger partial charge in [-0.2, -0.15) is 0 Å². The van der Waals surface area contributed by atoms with Crippen LogP contribution < -0.4 is 5.32 Å². The average Bonchev–Trinajstić information content (AvgIpc) is 2.83. The summed E-state index contributed by atoms with van der Waals surface area (Å²) in [5.74, 6) is 0. The maximum absolute atomic E-state index is 3.67. The molecular weight excluding hydrogens is 228 g/mol. The highest BCUT2D eigenvalue weighted by molar-refractivity contribution is 7.10. The molecule has 2 atom stereocenters. The van der Waals surface area contributed by atoms with Gasteiger partial charge in [-0.05, 0) is 49.7 Å². The minimum absolute atomic E-state index is 0.619. The third kappa shape index (κ3) is 2.42. The van der Waals surface area contributed by atoms with Crippen molar-refractivity contribution < 1.29 is 0 Å². The number of hydrogen-bond donors (Lipinski definition) is 1. The second-order valence-corrected chi connectivity index (χ2v) is 6.37. The zero-order valence-electron chi connectivity index (χ0n) is 10.6. The van der Waals surface area contributed by atoms with Gasteiger partial charge in [0.05, 0.1) is 0 Å². The summed E-state index contributed by atoms with van der Waals surface area (Å²) < 4.78 is 0. The van der Waals surface area contributed by atoms with Gasteiger partial charge >= 0.3 is 0 Å². The van der Waals surface area contributed by atoms with Crippen LogP contribution in [0.25, 0.3) is 0 Å². The second kappa shape index (κ2) is 5.09. The minimum atomic E-state index is 0.619. The molecule has 1 aromatic heterocycles. The average molecular weight is 250 g/mol. The molecule has 3 heterocycles. The van der Waals surface area contributed by atoms with Gasteiger partial charge in [-0.25, -0.2) is 0 Å². The van der Waals surface area contributed by atoms with Crippen LogP contribution in [0.15, 0.2) is 11.4 Å². The van der Waals surface area contributed by atoms with Crippen molar-refractivity contribution in [2.24, 2.45) is 0 Å². The lowest BCUT2D eigenvalue weighted by Gasteiger charge is -2.37. The fraction of sp³-hybridized carbons (Fsp3) is 0.714. The highest BCUT2D eigenvalue weighted by Gasteiger charge is 2.26. The Labute approximate surface area is 108 Å². The van der Waals surface area contributed by atoms with Gasteiger partial charge in [0.1, 0.15) is 0 Å². The Kier molecular flexibility index (Phi) is 3.50. The number of fused-ring (bicyclic) bond motifs is 1. The van der Waals surface area contributed by atoms with E-state index in [1.165, 1.54) is 45.3 Å². The van der Waals surface area contributed by atoms with Crippen LogP contribution in [-0.2, 0) is 6.42 Å². The topological polar surface area (TPSA) is 15.3 Å². The lowest BCUT2D eigenvalue weighted by molar-refractivity contribution is 0.168. The first-order chi connectivity index (χ1) is 8.34. The number of hydrogen-bond acceptors (Lipinski definition) is 3. The number of thiophene rings is 1. The third-order valence-electron chi connectivity index (χ3n) is 4.27. The van der Waals surface area contributed by atoms with Crippen molar-refractivity contribution in [3.8, 4) is 0 Å². The highest BCUT2D eigenvalue weighted by Crippen LogP contribution is 2.33. The second-order valence-electron chi connectivity index (χ2n) is 5.37. The van der Waals surface area contributed by atoms with E-state index in [4.69, 9.17) is 0 Å². The van der Waals surface area contributed by atoms with Gasteiger partial charge in [0.2, 0.25) is 0 Å². The Hall–Kier alpha value is -0.380. The first-order valence-corrected chi connectivity index (χ1v) is 7.76. The van der Waals surface area contributed by atoms with Crippen LogP contribution in [0.1, 0.15) is 42.7 Å². The minimum Gasteiger partial charge on any atom is -0.313 e. The molecule has 2 aliphatic rings. The first kappa shape index (κ1) is 11.7. The van der Waals surface area contributed by atoms with Crippen molar-refractivity contribution in [2.75, 3.05) is 19.6 Å². The standard InChI is InChI=1S/C14H22N2S/c1-11-13-6-9-17-14(13)5-8-16(11)10-12-4-2-3-7-15-12/h6,9,11-12,15H,2-5,7-8,10H2,1H3/t11?,12-/m1/s1. The summed E-state index contributed by atoms with van der Waals surface area (Å²) in [4.78, 5) is 4.28. The Morgan fingerprint density at radius 1 is 1.47 bits per heavy atom. The normalized spacial score (nSPS) is 30.2. The quantitative estimate of drug-likeness (QED) is 0.868. The van der Waals surface area contributed by atoms with E-state index < -0.39 is 0 Å². The van der Waals surface area contributed by atoms with Crippen LogP contribution in [-0.4, -0.2) is 30.6 Å². The Bertz CT molecular complexity index is 368. The third-order valence-corrected chi connectivity index (χ3v) is 5.27. The molecule has 2 nitrogen and oxygen atoms in total. The molecule has 17 heavy (non-hydrogen) atoms. The van der Waals surface area contributed by atoms with E-state index >= 15 is 0 Å². The Morgan fingerprint density at radius 2 is 2.41 bits per heavy atom. The van der Waals surface area contributed by atoms with Crippen LogP contribution in [0.5, 0.6) is 0 Å². The lowest BCUT2D eigenvalue weighted by atomic mass is 9.98. The molecule has 0 aliphatic carbocycles. The fourth-order valence-corrected chi connectivity index (χ4v) is 4.14. The Balaban J connectivity index is 1.65. The summed E-state index contributed by atoms with van der Waals surface area (Å²) in [6.07, 6.45) is 5.38.